The minimum atomic E-state index is -0.447. The Morgan fingerprint density at radius 1 is 1.07 bits per heavy atom. The average molecular weight is 610 g/mol. The summed E-state index contributed by atoms with van der Waals surface area (Å²) in [5.41, 5.74) is 5.27. The highest BCUT2D eigenvalue weighted by molar-refractivity contribution is 6.06. The van der Waals surface area contributed by atoms with Gasteiger partial charge in [0.05, 0.1) is 5.69 Å². The van der Waals surface area contributed by atoms with E-state index in [2.05, 4.69) is 49.7 Å². The van der Waals surface area contributed by atoms with Crippen molar-refractivity contribution in [3.63, 3.8) is 0 Å². The van der Waals surface area contributed by atoms with E-state index in [0.717, 1.165) is 36.3 Å². The fraction of sp³-hybridized carbons (Fsp3) is 0.294. The lowest BCUT2D eigenvalue weighted by atomic mass is 10.0. The van der Waals surface area contributed by atoms with Crippen LogP contribution in [0.1, 0.15) is 40.4 Å². The molecule has 11 heteroatoms. The normalized spacial score (nSPS) is 16.5. The zero-order chi connectivity index (χ0) is 31.7. The number of aryl methyl sites for hydroxylation is 3. The maximum absolute atomic E-state index is 15.3. The molecule has 1 fully saturated rings. The molecule has 2 amide bonds. The van der Waals surface area contributed by atoms with Gasteiger partial charge in [0.15, 0.2) is 0 Å². The van der Waals surface area contributed by atoms with Crippen LogP contribution >= 0.6 is 0 Å². The summed E-state index contributed by atoms with van der Waals surface area (Å²) in [6.45, 7) is 8.30. The molecule has 3 N–H and O–H groups in total. The lowest BCUT2D eigenvalue weighted by Gasteiger charge is -2.39. The number of para-hydroxylation sites is 1. The zero-order valence-corrected chi connectivity index (χ0v) is 25.8. The molecule has 2 aliphatic rings. The number of ether oxygens (including phenoxy) is 1. The number of halogens is 1. The van der Waals surface area contributed by atoms with Crippen LogP contribution < -0.4 is 25.6 Å². The Morgan fingerprint density at radius 2 is 1.87 bits per heavy atom. The van der Waals surface area contributed by atoms with Gasteiger partial charge in [0.25, 0.3) is 5.91 Å². The molecule has 3 aromatic carbocycles. The van der Waals surface area contributed by atoms with Gasteiger partial charge >= 0.3 is 0 Å². The van der Waals surface area contributed by atoms with Crippen molar-refractivity contribution < 1.29 is 18.7 Å². The molecule has 45 heavy (non-hydrogen) atoms. The number of likely N-dealkylation sites (N-methyl/N-ethyl adjacent to an activating group) is 1. The number of rotatable bonds is 7. The van der Waals surface area contributed by atoms with Crippen LogP contribution in [0.25, 0.3) is 0 Å². The third-order valence-corrected chi connectivity index (χ3v) is 8.41. The number of benzene rings is 3. The lowest BCUT2D eigenvalue weighted by molar-refractivity contribution is -0.116. The maximum atomic E-state index is 15.3. The maximum Gasteiger partial charge on any atom is 0.262 e. The van der Waals surface area contributed by atoms with E-state index < -0.39 is 5.91 Å². The van der Waals surface area contributed by atoms with Gasteiger partial charge in [0, 0.05) is 61.4 Å². The molecule has 10 nitrogen and oxygen atoms in total. The number of hydrogen-bond acceptors (Lipinski definition) is 8. The van der Waals surface area contributed by atoms with Crippen LogP contribution in [-0.4, -0.2) is 59.4 Å². The molecule has 2 aliphatic heterocycles. The highest BCUT2D eigenvalue weighted by Gasteiger charge is 2.24. The van der Waals surface area contributed by atoms with Gasteiger partial charge in [0.2, 0.25) is 17.7 Å². The molecular formula is C34H36FN7O3. The first-order chi connectivity index (χ1) is 21.6. The first-order valence-corrected chi connectivity index (χ1v) is 15.0. The van der Waals surface area contributed by atoms with E-state index in [-0.39, 0.29) is 29.1 Å². The van der Waals surface area contributed by atoms with Crippen LogP contribution in [-0.2, 0) is 11.2 Å². The summed E-state index contributed by atoms with van der Waals surface area (Å²) < 4.78 is 21.5. The summed E-state index contributed by atoms with van der Waals surface area (Å²) in [5.74, 6) is -0.353. The second kappa shape index (κ2) is 12.5. The number of fused-ring (bicyclic) bond motifs is 1. The number of aromatic nitrogens is 2. The first kappa shape index (κ1) is 30.0. The van der Waals surface area contributed by atoms with Gasteiger partial charge in [0.1, 0.15) is 17.1 Å². The molecular weight excluding hydrogens is 573 g/mol. The van der Waals surface area contributed by atoms with E-state index in [1.807, 2.05) is 38.1 Å². The van der Waals surface area contributed by atoms with Crippen LogP contribution in [0.5, 0.6) is 11.6 Å². The van der Waals surface area contributed by atoms with Crippen LogP contribution in [0.2, 0.25) is 0 Å². The van der Waals surface area contributed by atoms with Gasteiger partial charge in [-0.05, 0) is 75.2 Å². The highest BCUT2D eigenvalue weighted by atomic mass is 19.1. The van der Waals surface area contributed by atoms with Crippen molar-refractivity contribution in [1.29, 1.82) is 0 Å². The fourth-order valence-electron chi connectivity index (χ4n) is 5.62. The van der Waals surface area contributed by atoms with Crippen LogP contribution in [0.15, 0.2) is 60.8 Å². The SMILES string of the molecule is Cc1cccc(C)c1NC(=O)c1cnc(Nc2ccc(N3CCN(C)C(C)C3)c(F)c2)nc1Oc1ccc2c(c1)NC(=O)CC2. The molecule has 0 saturated carbocycles. The summed E-state index contributed by atoms with van der Waals surface area (Å²) >= 11 is 0. The molecule has 3 heterocycles. The predicted molar refractivity (Wildman–Crippen MR) is 173 cm³/mol. The van der Waals surface area contributed by atoms with Gasteiger partial charge < -0.3 is 30.5 Å². The van der Waals surface area contributed by atoms with E-state index in [9.17, 15) is 9.59 Å². The van der Waals surface area contributed by atoms with Crippen molar-refractivity contribution in [3.8, 4) is 11.6 Å². The van der Waals surface area contributed by atoms with Gasteiger partial charge in [-0.15, -0.1) is 0 Å². The van der Waals surface area contributed by atoms with E-state index in [1.165, 1.54) is 12.3 Å². The minimum absolute atomic E-state index is 0.00170. The summed E-state index contributed by atoms with van der Waals surface area (Å²) in [6, 6.07) is 16.4. The third-order valence-electron chi connectivity index (χ3n) is 8.41. The number of piperazine rings is 1. The number of carbonyl (C=O) groups excluding carboxylic acids is 2. The van der Waals surface area contributed by atoms with E-state index >= 15 is 4.39 Å². The fourth-order valence-corrected chi connectivity index (χ4v) is 5.62. The van der Waals surface area contributed by atoms with Crippen LogP contribution in [0.4, 0.5) is 33.1 Å². The third kappa shape index (κ3) is 6.58. The molecule has 4 aromatic rings. The molecule has 0 spiro atoms. The van der Waals surface area contributed by atoms with Crippen molar-refractivity contribution in [1.82, 2.24) is 14.9 Å². The van der Waals surface area contributed by atoms with E-state index in [4.69, 9.17) is 4.74 Å². The van der Waals surface area contributed by atoms with Crippen molar-refractivity contribution in [3.05, 3.63) is 88.9 Å². The Kier molecular flexibility index (Phi) is 8.36. The molecule has 1 saturated heterocycles. The summed E-state index contributed by atoms with van der Waals surface area (Å²) in [7, 11) is 2.07. The topological polar surface area (TPSA) is 112 Å². The molecule has 1 aromatic heterocycles. The Balaban J connectivity index is 1.29. The largest absolute Gasteiger partial charge is 0.438 e. The Bertz CT molecular complexity index is 1760. The van der Waals surface area contributed by atoms with Gasteiger partial charge in [-0.1, -0.05) is 24.3 Å². The smallest absolute Gasteiger partial charge is 0.262 e. The molecule has 6 rings (SSSR count). The zero-order valence-electron chi connectivity index (χ0n) is 25.8. The quantitative estimate of drug-likeness (QED) is 0.232. The Morgan fingerprint density at radius 3 is 2.62 bits per heavy atom. The summed E-state index contributed by atoms with van der Waals surface area (Å²) in [4.78, 5) is 38.7. The van der Waals surface area contributed by atoms with Crippen molar-refractivity contribution in [2.75, 3.05) is 47.5 Å². The number of nitrogens with zero attached hydrogens (tertiary/aromatic N) is 4. The number of amides is 2. The minimum Gasteiger partial charge on any atom is -0.438 e. The summed E-state index contributed by atoms with van der Waals surface area (Å²) in [6.07, 6.45) is 2.44. The van der Waals surface area contributed by atoms with Gasteiger partial charge in [-0.2, -0.15) is 4.98 Å². The number of nitrogens with one attached hydrogen (secondary N) is 3. The van der Waals surface area contributed by atoms with E-state index in [1.54, 1.807) is 24.3 Å². The molecule has 1 unspecified atom stereocenters. The molecule has 1 atom stereocenters. The average Bonchev–Trinajstić information content (AvgIpc) is 3.00. The van der Waals surface area contributed by atoms with Crippen molar-refractivity contribution in [2.24, 2.45) is 0 Å². The van der Waals surface area contributed by atoms with E-state index in [0.29, 0.717) is 47.4 Å². The molecule has 0 bridgehead atoms. The molecule has 0 aliphatic carbocycles. The molecule has 232 valence electrons. The Labute approximate surface area is 261 Å². The van der Waals surface area contributed by atoms with Crippen LogP contribution in [0.3, 0.4) is 0 Å². The second-order valence-corrected chi connectivity index (χ2v) is 11.7. The summed E-state index contributed by atoms with van der Waals surface area (Å²) in [5, 5.41) is 8.88. The van der Waals surface area contributed by atoms with Crippen molar-refractivity contribution in [2.45, 2.75) is 39.7 Å². The molecule has 0 radical (unpaired) electrons. The number of hydrogen-bond donors (Lipinski definition) is 3. The number of anilines is 5. The van der Waals surface area contributed by atoms with Crippen LogP contribution in [0, 0.1) is 19.7 Å². The predicted octanol–water partition coefficient (Wildman–Crippen LogP) is 6.05. The van der Waals surface area contributed by atoms with Gasteiger partial charge in [-0.25, -0.2) is 9.37 Å². The Hall–Kier alpha value is -5.03. The monoisotopic (exact) mass is 609 g/mol. The first-order valence-electron chi connectivity index (χ1n) is 15.0. The second-order valence-electron chi connectivity index (χ2n) is 11.7. The lowest BCUT2D eigenvalue weighted by Crippen LogP contribution is -2.50. The highest BCUT2D eigenvalue weighted by Crippen LogP contribution is 2.32. The van der Waals surface area contributed by atoms with Crippen molar-refractivity contribution >= 4 is 40.5 Å². The standard InChI is InChI=1S/C34H36FN7O3/c1-20-6-5-7-21(2)31(20)39-32(44)26-18-36-34(40-33(26)45-25-11-8-23-9-13-30(43)38-28(23)17-25)37-24-10-12-29(27(35)16-24)42-15-14-41(4)22(3)19-42/h5-8,10-12,16-18,22H,9,13-15,19H2,1-4H3,(H,38,43)(H,39,44)(H,36,37,40). The number of carbonyl (C=O) groups is 2. The van der Waals surface area contributed by atoms with Gasteiger partial charge in [-0.3, -0.25) is 9.59 Å².